The Bertz CT molecular complexity index is 1660. The average Bonchev–Trinajstić information content (AvgIpc) is 3.21. The van der Waals surface area contributed by atoms with Crippen molar-refractivity contribution in [1.82, 2.24) is 14.9 Å². The van der Waals surface area contributed by atoms with Gasteiger partial charge in [0.05, 0.1) is 23.5 Å². The number of ether oxygens (including phenoxy) is 2. The summed E-state index contributed by atoms with van der Waals surface area (Å²) in [6, 6.07) is 13.8. The minimum Gasteiger partial charge on any atom is -0.444 e. The number of nitriles is 1. The summed E-state index contributed by atoms with van der Waals surface area (Å²) in [4.78, 5) is 38.5. The molecule has 2 aromatic carbocycles. The Morgan fingerprint density at radius 2 is 1.73 bits per heavy atom. The minimum absolute atomic E-state index is 0.339. The Labute approximate surface area is 259 Å². The van der Waals surface area contributed by atoms with Gasteiger partial charge in [0, 0.05) is 36.0 Å². The van der Waals surface area contributed by atoms with Gasteiger partial charge >= 0.3 is 12.2 Å². The quantitative estimate of drug-likeness (QED) is 0.340. The Morgan fingerprint density at radius 3 is 2.41 bits per heavy atom. The van der Waals surface area contributed by atoms with E-state index in [1.54, 1.807) is 28.1 Å². The fourth-order valence-corrected chi connectivity index (χ4v) is 5.59. The van der Waals surface area contributed by atoms with Crippen molar-refractivity contribution in [3.63, 3.8) is 0 Å². The highest BCUT2D eigenvalue weighted by Gasteiger charge is 2.42. The van der Waals surface area contributed by atoms with Crippen LogP contribution in [0.4, 0.5) is 26.9 Å². The number of aromatic nitrogens is 2. The van der Waals surface area contributed by atoms with Gasteiger partial charge in [0.15, 0.2) is 0 Å². The lowest BCUT2D eigenvalue weighted by Gasteiger charge is -2.32. The van der Waals surface area contributed by atoms with Crippen molar-refractivity contribution >= 4 is 29.5 Å². The maximum atomic E-state index is 13.1. The molecule has 1 aromatic heterocycles. The van der Waals surface area contributed by atoms with Gasteiger partial charge in [-0.2, -0.15) is 5.26 Å². The standard InChI is InChI=1S/C34H40N6O4/c1-32(2,3)43-30(41)39-15-13-21-10-9-11-27(24(21)19-39)38-29-36-14-12-26(37-29)22-16-23(18-35)28-25(17-22)34(7,8)20-40(28)31(42)44-33(4,5)6/h9-12,14,16-17H,13,15,19-20H2,1-8H3,(H,36,37,38). The Hall–Kier alpha value is -4.65. The van der Waals surface area contributed by atoms with Gasteiger partial charge in [-0.1, -0.05) is 26.0 Å². The summed E-state index contributed by atoms with van der Waals surface area (Å²) in [5.41, 5.74) is 4.53. The summed E-state index contributed by atoms with van der Waals surface area (Å²) in [6.07, 6.45) is 1.57. The SMILES string of the molecule is CC(C)(C)OC(=O)N1CCc2cccc(Nc3nccc(-c4cc(C#N)c5c(c4)C(C)(C)CN5C(=O)OC(C)(C)C)n3)c2C1. The molecule has 1 N–H and O–H groups in total. The van der Waals surface area contributed by atoms with E-state index in [1.807, 2.05) is 73.6 Å². The number of fused-ring (bicyclic) bond motifs is 2. The fourth-order valence-electron chi connectivity index (χ4n) is 5.59. The molecule has 3 heterocycles. The molecule has 0 bridgehead atoms. The highest BCUT2D eigenvalue weighted by molar-refractivity contribution is 5.95. The number of hydrogen-bond acceptors (Lipinski definition) is 8. The van der Waals surface area contributed by atoms with E-state index in [0.717, 1.165) is 27.9 Å². The van der Waals surface area contributed by atoms with E-state index >= 15 is 0 Å². The first-order valence-corrected chi connectivity index (χ1v) is 14.8. The van der Waals surface area contributed by atoms with Crippen LogP contribution in [-0.2, 0) is 27.9 Å². The van der Waals surface area contributed by atoms with Crippen LogP contribution in [0, 0.1) is 11.3 Å². The summed E-state index contributed by atoms with van der Waals surface area (Å²) in [7, 11) is 0. The molecular weight excluding hydrogens is 556 g/mol. The zero-order valence-electron chi connectivity index (χ0n) is 26.7. The van der Waals surface area contributed by atoms with E-state index in [1.165, 1.54) is 0 Å². The molecule has 3 aromatic rings. The molecule has 0 spiro atoms. The van der Waals surface area contributed by atoms with Crippen LogP contribution in [0.2, 0.25) is 0 Å². The summed E-state index contributed by atoms with van der Waals surface area (Å²) < 4.78 is 11.3. The zero-order chi connectivity index (χ0) is 32.0. The number of nitrogens with one attached hydrogen (secondary N) is 1. The summed E-state index contributed by atoms with van der Waals surface area (Å²) >= 11 is 0. The van der Waals surface area contributed by atoms with Crippen LogP contribution in [0.15, 0.2) is 42.6 Å². The van der Waals surface area contributed by atoms with E-state index in [0.29, 0.717) is 48.9 Å². The monoisotopic (exact) mass is 596 g/mol. The van der Waals surface area contributed by atoms with Crippen LogP contribution < -0.4 is 10.2 Å². The second-order valence-electron chi connectivity index (χ2n) is 14.0. The van der Waals surface area contributed by atoms with Crippen LogP contribution >= 0.6 is 0 Å². The highest BCUT2D eigenvalue weighted by atomic mass is 16.6. The van der Waals surface area contributed by atoms with E-state index in [4.69, 9.17) is 14.5 Å². The van der Waals surface area contributed by atoms with Gasteiger partial charge in [-0.05, 0) is 88.9 Å². The number of carbonyl (C=O) groups excluding carboxylic acids is 2. The van der Waals surface area contributed by atoms with Crippen molar-refractivity contribution in [2.75, 3.05) is 23.3 Å². The summed E-state index contributed by atoms with van der Waals surface area (Å²) in [5, 5.41) is 13.5. The number of hydrogen-bond donors (Lipinski definition) is 1. The van der Waals surface area contributed by atoms with Gasteiger partial charge in [0.1, 0.15) is 17.3 Å². The fraction of sp³-hybridized carbons (Fsp3) is 0.441. The number of anilines is 3. The van der Waals surface area contributed by atoms with Crippen molar-refractivity contribution in [3.8, 4) is 17.3 Å². The van der Waals surface area contributed by atoms with E-state index in [9.17, 15) is 14.9 Å². The predicted octanol–water partition coefficient (Wildman–Crippen LogP) is 7.08. The van der Waals surface area contributed by atoms with Crippen molar-refractivity contribution < 1.29 is 19.1 Å². The molecule has 230 valence electrons. The van der Waals surface area contributed by atoms with E-state index in [2.05, 4.69) is 22.4 Å². The zero-order valence-corrected chi connectivity index (χ0v) is 26.7. The van der Waals surface area contributed by atoms with Gasteiger partial charge in [0.2, 0.25) is 5.95 Å². The molecular formula is C34H40N6O4. The molecule has 2 aliphatic heterocycles. The highest BCUT2D eigenvalue weighted by Crippen LogP contribution is 2.45. The van der Waals surface area contributed by atoms with Crippen molar-refractivity contribution in [2.24, 2.45) is 0 Å². The lowest BCUT2D eigenvalue weighted by molar-refractivity contribution is 0.0224. The third kappa shape index (κ3) is 6.47. The molecule has 0 saturated heterocycles. The molecule has 5 rings (SSSR count). The Morgan fingerprint density at radius 1 is 1.02 bits per heavy atom. The van der Waals surface area contributed by atoms with Crippen LogP contribution in [0.3, 0.4) is 0 Å². The largest absolute Gasteiger partial charge is 0.444 e. The molecule has 10 heteroatoms. The first-order chi connectivity index (χ1) is 20.5. The predicted molar refractivity (Wildman–Crippen MR) is 169 cm³/mol. The van der Waals surface area contributed by atoms with Crippen LogP contribution in [-0.4, -0.2) is 51.3 Å². The molecule has 0 fully saturated rings. The van der Waals surface area contributed by atoms with Crippen LogP contribution in [0.1, 0.15) is 77.6 Å². The maximum absolute atomic E-state index is 13.1. The Kier molecular flexibility index (Phi) is 7.79. The third-order valence-electron chi connectivity index (χ3n) is 7.52. The van der Waals surface area contributed by atoms with Crippen molar-refractivity contribution in [3.05, 3.63) is 64.8 Å². The molecule has 44 heavy (non-hydrogen) atoms. The minimum atomic E-state index is -0.660. The van der Waals surface area contributed by atoms with Gasteiger partial charge < -0.3 is 19.7 Å². The van der Waals surface area contributed by atoms with E-state index < -0.39 is 22.7 Å². The summed E-state index contributed by atoms with van der Waals surface area (Å²) in [5.74, 6) is 0.388. The molecule has 0 radical (unpaired) electrons. The van der Waals surface area contributed by atoms with Gasteiger partial charge in [0.25, 0.3) is 0 Å². The third-order valence-corrected chi connectivity index (χ3v) is 7.52. The number of carbonyl (C=O) groups is 2. The molecule has 2 amide bonds. The molecule has 2 aliphatic rings. The van der Waals surface area contributed by atoms with Gasteiger partial charge in [-0.15, -0.1) is 0 Å². The number of rotatable bonds is 3. The molecule has 10 nitrogen and oxygen atoms in total. The van der Waals surface area contributed by atoms with Crippen LogP contribution in [0.25, 0.3) is 11.3 Å². The second kappa shape index (κ2) is 11.1. The smallest absolute Gasteiger partial charge is 0.414 e. The lowest BCUT2D eigenvalue weighted by atomic mass is 9.85. The first-order valence-electron chi connectivity index (χ1n) is 14.8. The van der Waals surface area contributed by atoms with Crippen molar-refractivity contribution in [2.45, 2.75) is 85.0 Å². The lowest BCUT2D eigenvalue weighted by Crippen LogP contribution is -2.40. The van der Waals surface area contributed by atoms with Crippen molar-refractivity contribution in [1.29, 1.82) is 5.26 Å². The summed E-state index contributed by atoms with van der Waals surface area (Å²) in [6.45, 7) is 16.5. The maximum Gasteiger partial charge on any atom is 0.414 e. The molecule has 0 unspecified atom stereocenters. The topological polar surface area (TPSA) is 121 Å². The Balaban J connectivity index is 1.45. The van der Waals surface area contributed by atoms with Gasteiger partial charge in [-0.3, -0.25) is 4.90 Å². The molecule has 0 aliphatic carbocycles. The van der Waals surface area contributed by atoms with E-state index in [-0.39, 0.29) is 6.09 Å². The number of nitrogens with zero attached hydrogens (tertiary/aromatic N) is 5. The molecule has 0 saturated carbocycles. The normalized spacial score (nSPS) is 15.6. The number of benzene rings is 2. The average molecular weight is 597 g/mol. The van der Waals surface area contributed by atoms with Gasteiger partial charge in [-0.25, -0.2) is 19.6 Å². The van der Waals surface area contributed by atoms with Crippen LogP contribution in [0.5, 0.6) is 0 Å². The number of amides is 2. The second-order valence-corrected chi connectivity index (χ2v) is 14.0. The first kappa shape index (κ1) is 30.8. The molecule has 0 atom stereocenters.